The summed E-state index contributed by atoms with van der Waals surface area (Å²) in [4.78, 5) is 17.4. The van der Waals surface area contributed by atoms with Crippen LogP contribution in [0.25, 0.3) is 0 Å². The Kier molecular flexibility index (Phi) is 6.22. The molecule has 0 aliphatic heterocycles. The molecule has 1 amide bonds. The van der Waals surface area contributed by atoms with Gasteiger partial charge in [-0.05, 0) is 55.7 Å². The van der Waals surface area contributed by atoms with Crippen LogP contribution >= 0.6 is 11.6 Å². The van der Waals surface area contributed by atoms with E-state index >= 15 is 0 Å². The van der Waals surface area contributed by atoms with Crippen molar-refractivity contribution in [2.45, 2.75) is 55.9 Å². The van der Waals surface area contributed by atoms with Crippen molar-refractivity contribution in [2.24, 2.45) is 18.9 Å². The Balaban J connectivity index is 1.45. The summed E-state index contributed by atoms with van der Waals surface area (Å²) in [6, 6.07) is 3.85. The molecular weight excluding hydrogens is 466 g/mol. The van der Waals surface area contributed by atoms with Crippen molar-refractivity contribution in [1.29, 1.82) is 0 Å². The Morgan fingerprint density at radius 2 is 1.97 bits per heavy atom. The maximum absolute atomic E-state index is 13.4. The standard InChI is InChI=1S/C22H24ClF4N3O3/c1-30-10-28-18(19(30)20(32)29-14-2-3-16(24)15(23)6-14)11-4-12-7-21(33,8-13(12)5-11)9-17(31)22(25,26)27/h2-3,6,10-13,17,31,33H,4-5,7-9H2,1H3,(H,29,32). The lowest BCUT2D eigenvalue weighted by atomic mass is 9.88. The molecule has 11 heteroatoms. The minimum atomic E-state index is -4.76. The van der Waals surface area contributed by atoms with E-state index < -0.39 is 36.0 Å². The fraction of sp³-hybridized carbons (Fsp3) is 0.545. The number of carbonyl (C=O) groups is 1. The monoisotopic (exact) mass is 489 g/mol. The molecule has 180 valence electrons. The summed E-state index contributed by atoms with van der Waals surface area (Å²) < 4.78 is 53.2. The molecule has 6 nitrogen and oxygen atoms in total. The van der Waals surface area contributed by atoms with Crippen LogP contribution in [0.15, 0.2) is 24.5 Å². The molecule has 3 unspecified atom stereocenters. The molecule has 0 bridgehead atoms. The molecule has 1 aromatic heterocycles. The van der Waals surface area contributed by atoms with Crippen molar-refractivity contribution in [3.8, 4) is 0 Å². The number of aryl methyl sites for hydroxylation is 1. The predicted octanol–water partition coefficient (Wildman–Crippen LogP) is 4.41. The van der Waals surface area contributed by atoms with Crippen molar-refractivity contribution in [2.75, 3.05) is 5.32 Å². The second-order valence-corrected chi connectivity index (χ2v) is 9.66. The SMILES string of the molecule is Cn1cnc(C2CC3CC(O)(CC(O)C(F)(F)F)CC3C2)c1C(=O)Nc1ccc(F)c(Cl)c1. The summed E-state index contributed by atoms with van der Waals surface area (Å²) in [5.41, 5.74) is -0.309. The summed E-state index contributed by atoms with van der Waals surface area (Å²) >= 11 is 5.78. The zero-order valence-corrected chi connectivity index (χ0v) is 18.5. The second kappa shape index (κ2) is 8.56. The minimum Gasteiger partial charge on any atom is -0.390 e. The van der Waals surface area contributed by atoms with E-state index in [4.69, 9.17) is 11.6 Å². The zero-order chi connectivity index (χ0) is 24.1. The number of hydrogen-bond acceptors (Lipinski definition) is 4. The smallest absolute Gasteiger partial charge is 0.390 e. The number of hydrogen-bond donors (Lipinski definition) is 3. The van der Waals surface area contributed by atoms with Crippen LogP contribution in [0.5, 0.6) is 0 Å². The highest BCUT2D eigenvalue weighted by Gasteiger charge is 2.53. The van der Waals surface area contributed by atoms with Crippen molar-refractivity contribution in [3.05, 3.63) is 46.8 Å². The average molecular weight is 490 g/mol. The number of nitrogens with one attached hydrogen (secondary N) is 1. The second-order valence-electron chi connectivity index (χ2n) is 9.25. The van der Waals surface area contributed by atoms with Crippen LogP contribution in [0.3, 0.4) is 0 Å². The quantitative estimate of drug-likeness (QED) is 0.543. The summed E-state index contributed by atoms with van der Waals surface area (Å²) in [6.07, 6.45) is -5.03. The highest BCUT2D eigenvalue weighted by molar-refractivity contribution is 6.31. The number of benzene rings is 1. The molecule has 3 N–H and O–H groups in total. The van der Waals surface area contributed by atoms with Gasteiger partial charge in [0.15, 0.2) is 6.10 Å². The van der Waals surface area contributed by atoms with E-state index in [1.54, 1.807) is 11.6 Å². The van der Waals surface area contributed by atoms with Crippen molar-refractivity contribution in [3.63, 3.8) is 0 Å². The Morgan fingerprint density at radius 3 is 2.55 bits per heavy atom. The molecule has 2 saturated carbocycles. The molecule has 0 radical (unpaired) electrons. The van der Waals surface area contributed by atoms with Crippen LogP contribution in [0.1, 0.15) is 54.2 Å². The number of halogens is 5. The molecule has 2 aliphatic rings. The van der Waals surface area contributed by atoms with Gasteiger partial charge in [-0.15, -0.1) is 0 Å². The van der Waals surface area contributed by atoms with E-state index in [0.717, 1.165) is 6.07 Å². The fourth-order valence-electron chi connectivity index (χ4n) is 5.42. The topological polar surface area (TPSA) is 87.4 Å². The van der Waals surface area contributed by atoms with Gasteiger partial charge in [0.1, 0.15) is 11.5 Å². The van der Waals surface area contributed by atoms with Crippen molar-refractivity contribution < 1.29 is 32.6 Å². The minimum absolute atomic E-state index is 0.0192. The number of imidazole rings is 1. The maximum Gasteiger partial charge on any atom is 0.414 e. The van der Waals surface area contributed by atoms with Gasteiger partial charge in [0.05, 0.1) is 22.6 Å². The lowest BCUT2D eigenvalue weighted by Crippen LogP contribution is -2.38. The van der Waals surface area contributed by atoms with Gasteiger partial charge in [-0.25, -0.2) is 9.37 Å². The van der Waals surface area contributed by atoms with Crippen molar-refractivity contribution in [1.82, 2.24) is 9.55 Å². The molecule has 1 aromatic carbocycles. The van der Waals surface area contributed by atoms with Gasteiger partial charge in [-0.1, -0.05) is 11.6 Å². The van der Waals surface area contributed by atoms with Crippen LogP contribution < -0.4 is 5.32 Å². The summed E-state index contributed by atoms with van der Waals surface area (Å²) in [7, 11) is 1.68. The summed E-state index contributed by atoms with van der Waals surface area (Å²) in [5, 5.41) is 22.6. The van der Waals surface area contributed by atoms with E-state index in [1.165, 1.54) is 18.5 Å². The molecule has 2 aromatic rings. The van der Waals surface area contributed by atoms with E-state index in [0.29, 0.717) is 29.9 Å². The van der Waals surface area contributed by atoms with Gasteiger partial charge >= 0.3 is 6.18 Å². The number of aliphatic hydroxyl groups excluding tert-OH is 1. The van der Waals surface area contributed by atoms with Gasteiger partial charge < -0.3 is 20.1 Å². The first-order chi connectivity index (χ1) is 15.4. The number of carbonyl (C=O) groups excluding carboxylic acids is 1. The lowest BCUT2D eigenvalue weighted by Gasteiger charge is -2.28. The lowest BCUT2D eigenvalue weighted by molar-refractivity contribution is -0.218. The van der Waals surface area contributed by atoms with Gasteiger partial charge in [-0.3, -0.25) is 4.79 Å². The Bertz CT molecular complexity index is 1040. The molecule has 1 heterocycles. The molecule has 3 atom stereocenters. The Labute approximate surface area is 192 Å². The average Bonchev–Trinajstić information content (AvgIpc) is 3.34. The van der Waals surface area contributed by atoms with Crippen molar-refractivity contribution >= 4 is 23.2 Å². The predicted molar refractivity (Wildman–Crippen MR) is 112 cm³/mol. The van der Waals surface area contributed by atoms with Crippen LogP contribution in [-0.2, 0) is 7.05 Å². The molecule has 0 saturated heterocycles. The van der Waals surface area contributed by atoms with Gasteiger partial charge in [0.25, 0.3) is 5.91 Å². The molecule has 0 spiro atoms. The third-order valence-corrected chi connectivity index (χ3v) is 7.11. The largest absolute Gasteiger partial charge is 0.414 e. The summed E-state index contributed by atoms with van der Waals surface area (Å²) in [6.45, 7) is 0. The first-order valence-corrected chi connectivity index (χ1v) is 11.0. The van der Waals surface area contributed by atoms with Gasteiger partial charge in [-0.2, -0.15) is 13.2 Å². The number of aliphatic hydroxyl groups is 2. The fourth-order valence-corrected chi connectivity index (χ4v) is 5.61. The first-order valence-electron chi connectivity index (χ1n) is 10.6. The number of nitrogens with zero attached hydrogens (tertiary/aromatic N) is 2. The van der Waals surface area contributed by atoms with E-state index in [9.17, 15) is 32.6 Å². The number of rotatable bonds is 5. The van der Waals surface area contributed by atoms with E-state index in [1.807, 2.05) is 0 Å². The Hall–Kier alpha value is -2.17. The molecule has 2 aliphatic carbocycles. The Morgan fingerprint density at radius 1 is 1.33 bits per heavy atom. The number of amides is 1. The zero-order valence-electron chi connectivity index (χ0n) is 17.7. The van der Waals surface area contributed by atoms with Crippen LogP contribution in [0.4, 0.5) is 23.2 Å². The highest BCUT2D eigenvalue weighted by atomic mass is 35.5. The number of aromatic nitrogens is 2. The van der Waals surface area contributed by atoms with Crippen LogP contribution in [0, 0.1) is 17.7 Å². The normalized spacial score (nSPS) is 28.1. The third-order valence-electron chi connectivity index (χ3n) is 6.82. The van der Waals surface area contributed by atoms with Crippen LogP contribution in [-0.4, -0.2) is 43.6 Å². The number of alkyl halides is 3. The molecule has 33 heavy (non-hydrogen) atoms. The maximum atomic E-state index is 13.4. The molecule has 4 rings (SSSR count). The van der Waals surface area contributed by atoms with E-state index in [-0.39, 0.29) is 35.6 Å². The first kappa shape index (κ1) is 24.0. The number of anilines is 1. The highest BCUT2D eigenvalue weighted by Crippen LogP contribution is 2.55. The number of fused-ring (bicyclic) bond motifs is 1. The molecule has 2 fully saturated rings. The summed E-state index contributed by atoms with van der Waals surface area (Å²) in [5.74, 6) is -1.16. The third kappa shape index (κ3) is 4.88. The van der Waals surface area contributed by atoms with Crippen LogP contribution in [0.2, 0.25) is 5.02 Å². The molecular formula is C22H24ClF4N3O3. The van der Waals surface area contributed by atoms with Gasteiger partial charge in [0, 0.05) is 25.1 Å². The van der Waals surface area contributed by atoms with Gasteiger partial charge in [0.2, 0.25) is 0 Å². The van der Waals surface area contributed by atoms with E-state index in [2.05, 4.69) is 10.3 Å².